The van der Waals surface area contributed by atoms with Gasteiger partial charge in [0.15, 0.2) is 5.69 Å². The second kappa shape index (κ2) is 12.8. The molecule has 43 heavy (non-hydrogen) atoms. The van der Waals surface area contributed by atoms with Gasteiger partial charge in [-0.15, -0.1) is 0 Å². The first kappa shape index (κ1) is 30.6. The van der Waals surface area contributed by atoms with Gasteiger partial charge in [0.25, 0.3) is 11.8 Å². The lowest BCUT2D eigenvalue weighted by molar-refractivity contribution is -0.137. The number of anilines is 1. The number of nitrogens with zero attached hydrogens (tertiary/aromatic N) is 4. The van der Waals surface area contributed by atoms with E-state index in [9.17, 15) is 31.5 Å². The molecule has 9 nitrogen and oxygen atoms in total. The number of alkyl halides is 5. The normalized spacial score (nSPS) is 18.4. The minimum absolute atomic E-state index is 0.0333. The third-order valence-electron chi connectivity index (χ3n) is 7.86. The minimum Gasteiger partial charge on any atom is -0.432 e. The zero-order valence-electron chi connectivity index (χ0n) is 23.4. The number of hydrogen-bond acceptors (Lipinski definition) is 6. The molecule has 2 amide bonds. The summed E-state index contributed by atoms with van der Waals surface area (Å²) in [6, 6.07) is 5.51. The summed E-state index contributed by atoms with van der Waals surface area (Å²) < 4.78 is 76.2. The van der Waals surface area contributed by atoms with Crippen LogP contribution in [-0.2, 0) is 11.0 Å². The second-order valence-corrected chi connectivity index (χ2v) is 11.1. The lowest BCUT2D eigenvalue weighted by atomic mass is 10.0. The SMILES string of the molecule is O=C(C[C@H](CCN1CCCC(F)(F)C1)NC(=O)c1cc(-c2ccccc2C(F)(F)F)n(C2CCCC2)n1)Nc1ncco1. The van der Waals surface area contributed by atoms with Gasteiger partial charge in [-0.2, -0.15) is 18.3 Å². The molecule has 2 fully saturated rings. The molecule has 232 valence electrons. The maximum absolute atomic E-state index is 14.0. The van der Waals surface area contributed by atoms with Crippen LogP contribution in [0.5, 0.6) is 0 Å². The molecular formula is C29H33F5N6O3. The van der Waals surface area contributed by atoms with Gasteiger partial charge in [0.05, 0.1) is 30.0 Å². The van der Waals surface area contributed by atoms with Crippen LogP contribution in [0.4, 0.5) is 28.0 Å². The number of carbonyl (C=O) groups is 2. The Kier molecular flexibility index (Phi) is 9.13. The zero-order chi connectivity index (χ0) is 30.6. The van der Waals surface area contributed by atoms with Crippen molar-refractivity contribution in [2.45, 2.75) is 75.5 Å². The van der Waals surface area contributed by atoms with Gasteiger partial charge in [-0.3, -0.25) is 24.5 Å². The molecule has 3 aromatic rings. The van der Waals surface area contributed by atoms with Crippen molar-refractivity contribution >= 4 is 17.8 Å². The van der Waals surface area contributed by atoms with Crippen molar-refractivity contribution in [3.8, 4) is 11.3 Å². The van der Waals surface area contributed by atoms with Crippen LogP contribution in [-0.4, -0.2) is 63.1 Å². The van der Waals surface area contributed by atoms with Gasteiger partial charge in [0, 0.05) is 31.0 Å². The standard InChI is InChI=1S/C29H33F5N6O3/c30-28(31)11-5-13-39(18-28)14-10-19(16-25(41)37-27-35-12-15-43-27)36-26(42)23-17-24(40(38-23)20-6-1-2-7-20)21-8-3-4-9-22(21)29(32,33)34/h3-4,8-9,12,15,17,19-20H,1-2,5-7,10-11,13-14,16,18H2,(H,36,42)(H,35,37,41)/t19-/m0/s1. The van der Waals surface area contributed by atoms with Crippen molar-refractivity contribution in [1.82, 2.24) is 25.0 Å². The van der Waals surface area contributed by atoms with Crippen LogP contribution < -0.4 is 10.6 Å². The van der Waals surface area contributed by atoms with E-state index in [-0.39, 0.29) is 54.8 Å². The molecule has 5 rings (SSSR count). The predicted octanol–water partition coefficient (Wildman–Crippen LogP) is 5.92. The van der Waals surface area contributed by atoms with Gasteiger partial charge in [-0.05, 0) is 44.4 Å². The number of rotatable bonds is 10. The summed E-state index contributed by atoms with van der Waals surface area (Å²) in [5.74, 6) is -4.01. The fourth-order valence-corrected chi connectivity index (χ4v) is 5.83. The fraction of sp³-hybridized carbons (Fsp3) is 0.517. The first-order chi connectivity index (χ1) is 20.5. The van der Waals surface area contributed by atoms with E-state index >= 15 is 0 Å². The lowest BCUT2D eigenvalue weighted by Gasteiger charge is -2.33. The highest BCUT2D eigenvalue weighted by molar-refractivity contribution is 5.95. The number of nitrogens with one attached hydrogen (secondary N) is 2. The fourth-order valence-electron chi connectivity index (χ4n) is 5.83. The van der Waals surface area contributed by atoms with Gasteiger partial charge < -0.3 is 9.73 Å². The largest absolute Gasteiger partial charge is 0.432 e. The van der Waals surface area contributed by atoms with Crippen LogP contribution in [0.3, 0.4) is 0 Å². The van der Waals surface area contributed by atoms with Gasteiger partial charge in [-0.1, -0.05) is 31.0 Å². The molecule has 0 unspecified atom stereocenters. The maximum atomic E-state index is 14.0. The molecule has 2 aromatic heterocycles. The summed E-state index contributed by atoms with van der Waals surface area (Å²) in [4.78, 5) is 31.6. The monoisotopic (exact) mass is 608 g/mol. The van der Waals surface area contributed by atoms with Crippen molar-refractivity contribution in [2.75, 3.05) is 25.0 Å². The first-order valence-electron chi connectivity index (χ1n) is 14.3. The molecule has 1 aromatic carbocycles. The van der Waals surface area contributed by atoms with E-state index in [1.807, 2.05) is 0 Å². The van der Waals surface area contributed by atoms with Gasteiger partial charge >= 0.3 is 12.2 Å². The van der Waals surface area contributed by atoms with E-state index in [4.69, 9.17) is 4.42 Å². The molecule has 2 N–H and O–H groups in total. The number of aromatic nitrogens is 3. The van der Waals surface area contributed by atoms with Gasteiger partial charge in [-0.25, -0.2) is 13.8 Å². The molecular weight excluding hydrogens is 575 g/mol. The van der Waals surface area contributed by atoms with E-state index in [1.54, 1.807) is 4.90 Å². The van der Waals surface area contributed by atoms with E-state index in [2.05, 4.69) is 20.7 Å². The average molecular weight is 609 g/mol. The number of likely N-dealkylation sites (tertiary alicyclic amines) is 1. The number of amides is 2. The lowest BCUT2D eigenvalue weighted by Crippen LogP contribution is -2.45. The molecule has 0 bridgehead atoms. The highest BCUT2D eigenvalue weighted by atomic mass is 19.4. The Balaban J connectivity index is 1.38. The maximum Gasteiger partial charge on any atom is 0.417 e. The molecule has 1 saturated carbocycles. The zero-order valence-corrected chi connectivity index (χ0v) is 23.4. The number of halogens is 5. The Bertz CT molecular complexity index is 1400. The van der Waals surface area contributed by atoms with Crippen LogP contribution in [0.1, 0.15) is 73.5 Å². The average Bonchev–Trinajstić information content (AvgIpc) is 3.73. The van der Waals surface area contributed by atoms with Gasteiger partial charge in [0.1, 0.15) is 6.26 Å². The van der Waals surface area contributed by atoms with E-state index < -0.39 is 42.1 Å². The first-order valence-corrected chi connectivity index (χ1v) is 14.3. The summed E-state index contributed by atoms with van der Waals surface area (Å²) in [6.45, 7) is 0.254. The Morgan fingerprint density at radius 2 is 1.91 bits per heavy atom. The van der Waals surface area contributed by atoms with Crippen LogP contribution in [0.2, 0.25) is 0 Å². The van der Waals surface area contributed by atoms with Crippen LogP contribution >= 0.6 is 0 Å². The number of oxazole rings is 1. The quantitative estimate of drug-likeness (QED) is 0.277. The molecule has 1 atom stereocenters. The van der Waals surface area contributed by atoms with Crippen LogP contribution in [0.25, 0.3) is 11.3 Å². The molecule has 1 aliphatic heterocycles. The summed E-state index contributed by atoms with van der Waals surface area (Å²) in [5.41, 5.74) is -0.831. The Labute approximate surface area is 244 Å². The van der Waals surface area contributed by atoms with E-state index in [0.717, 1.165) is 18.9 Å². The Hall–Kier alpha value is -3.81. The highest BCUT2D eigenvalue weighted by Gasteiger charge is 2.37. The number of carbonyl (C=O) groups excluding carboxylic acids is 2. The Morgan fingerprint density at radius 3 is 2.60 bits per heavy atom. The van der Waals surface area contributed by atoms with Crippen molar-refractivity contribution in [3.63, 3.8) is 0 Å². The molecule has 1 saturated heterocycles. The molecule has 14 heteroatoms. The van der Waals surface area contributed by atoms with Crippen LogP contribution in [0.15, 0.2) is 47.2 Å². The Morgan fingerprint density at radius 1 is 1.14 bits per heavy atom. The predicted molar refractivity (Wildman–Crippen MR) is 146 cm³/mol. The van der Waals surface area contributed by atoms with Crippen molar-refractivity contribution in [2.24, 2.45) is 0 Å². The summed E-state index contributed by atoms with van der Waals surface area (Å²) in [7, 11) is 0. The summed E-state index contributed by atoms with van der Waals surface area (Å²) in [5, 5.41) is 9.71. The topological polar surface area (TPSA) is 105 Å². The van der Waals surface area contributed by atoms with Crippen LogP contribution in [0, 0.1) is 0 Å². The van der Waals surface area contributed by atoms with Gasteiger partial charge in [0.2, 0.25) is 5.91 Å². The number of hydrogen-bond donors (Lipinski definition) is 2. The molecule has 0 radical (unpaired) electrons. The smallest absolute Gasteiger partial charge is 0.417 e. The number of piperidine rings is 1. The highest BCUT2D eigenvalue weighted by Crippen LogP contribution is 2.40. The van der Waals surface area contributed by atoms with E-state index in [1.165, 1.54) is 41.4 Å². The molecule has 0 spiro atoms. The third kappa shape index (κ3) is 7.78. The molecule has 1 aliphatic carbocycles. The number of benzene rings is 1. The second-order valence-electron chi connectivity index (χ2n) is 11.1. The minimum atomic E-state index is -4.61. The summed E-state index contributed by atoms with van der Waals surface area (Å²) in [6.07, 6.45) is 1.33. The van der Waals surface area contributed by atoms with Crippen molar-refractivity contribution in [3.05, 3.63) is 54.0 Å². The molecule has 3 heterocycles. The van der Waals surface area contributed by atoms with Crippen molar-refractivity contribution in [1.29, 1.82) is 0 Å². The molecule has 2 aliphatic rings. The van der Waals surface area contributed by atoms with E-state index in [0.29, 0.717) is 25.8 Å². The third-order valence-corrected chi connectivity index (χ3v) is 7.86. The van der Waals surface area contributed by atoms with Crippen molar-refractivity contribution < 1.29 is 36.0 Å². The summed E-state index contributed by atoms with van der Waals surface area (Å²) >= 11 is 0.